The van der Waals surface area contributed by atoms with Gasteiger partial charge in [0.25, 0.3) is 0 Å². The fourth-order valence-corrected chi connectivity index (χ4v) is 5.05. The molecule has 2 N–H and O–H groups in total. The summed E-state index contributed by atoms with van der Waals surface area (Å²) in [6, 6.07) is 6.37. The molecule has 25 heavy (non-hydrogen) atoms. The van der Waals surface area contributed by atoms with Crippen molar-refractivity contribution in [2.75, 3.05) is 7.05 Å². The number of aromatic nitrogens is 1. The largest absolute Gasteiger partial charge is 0.368 e. The standard InChI is InChI=1S/C18H19BrN4O2/c1-10-13-9-17(6-5-15(13)24-22-10)8-11-3-4-12(19)7-14(11)18(17)21-16(20)23(2)25-18/h3-4,7H,5-6,8-9H2,1-2H3,(H2,20,21). The molecule has 0 fully saturated rings. The van der Waals surface area contributed by atoms with Crippen LogP contribution in [0.5, 0.6) is 0 Å². The number of nitrogens with zero attached hydrogens (tertiary/aromatic N) is 3. The molecule has 1 aromatic carbocycles. The molecule has 0 radical (unpaired) electrons. The lowest BCUT2D eigenvalue weighted by atomic mass is 9.66. The molecule has 1 aromatic heterocycles. The number of aryl methyl sites for hydroxylation is 2. The zero-order valence-electron chi connectivity index (χ0n) is 14.2. The van der Waals surface area contributed by atoms with Crippen LogP contribution in [0.1, 0.15) is 34.6 Å². The quantitative estimate of drug-likeness (QED) is 0.732. The van der Waals surface area contributed by atoms with Crippen LogP contribution >= 0.6 is 15.9 Å². The normalized spacial score (nSPS) is 30.0. The SMILES string of the molecule is Cc1noc2c1CC1(CC2)Cc2ccc(Br)cc2C12N=C(N)N(C)O2. The zero-order valence-corrected chi connectivity index (χ0v) is 15.8. The number of guanidine groups is 1. The van der Waals surface area contributed by atoms with Crippen molar-refractivity contribution < 1.29 is 9.36 Å². The third-order valence-electron chi connectivity index (χ3n) is 5.96. The summed E-state index contributed by atoms with van der Waals surface area (Å²) < 4.78 is 6.53. The smallest absolute Gasteiger partial charge is 0.221 e. The fraction of sp³-hybridized carbons (Fsp3) is 0.444. The van der Waals surface area contributed by atoms with E-state index in [4.69, 9.17) is 20.1 Å². The van der Waals surface area contributed by atoms with Crippen molar-refractivity contribution in [1.29, 1.82) is 0 Å². The van der Waals surface area contributed by atoms with Crippen LogP contribution in [0.4, 0.5) is 0 Å². The van der Waals surface area contributed by atoms with Crippen LogP contribution in [-0.2, 0) is 29.8 Å². The minimum atomic E-state index is -0.785. The minimum absolute atomic E-state index is 0.186. The van der Waals surface area contributed by atoms with Gasteiger partial charge in [0.15, 0.2) is 0 Å². The summed E-state index contributed by atoms with van der Waals surface area (Å²) in [5, 5.41) is 5.76. The van der Waals surface area contributed by atoms with Gasteiger partial charge < -0.3 is 10.3 Å². The first-order valence-corrected chi connectivity index (χ1v) is 9.25. The van der Waals surface area contributed by atoms with E-state index in [1.54, 1.807) is 5.06 Å². The van der Waals surface area contributed by atoms with Crippen LogP contribution in [0.2, 0.25) is 0 Å². The number of rotatable bonds is 0. The van der Waals surface area contributed by atoms with Gasteiger partial charge in [0, 0.05) is 34.5 Å². The van der Waals surface area contributed by atoms with Gasteiger partial charge in [-0.1, -0.05) is 27.2 Å². The molecule has 0 saturated heterocycles. The van der Waals surface area contributed by atoms with E-state index in [9.17, 15) is 0 Å². The summed E-state index contributed by atoms with van der Waals surface area (Å²) in [4.78, 5) is 11.2. The van der Waals surface area contributed by atoms with E-state index in [1.807, 2.05) is 14.0 Å². The number of benzene rings is 1. The van der Waals surface area contributed by atoms with Crippen molar-refractivity contribution >= 4 is 21.9 Å². The number of hydrogen-bond acceptors (Lipinski definition) is 6. The highest BCUT2D eigenvalue weighted by atomic mass is 79.9. The average molecular weight is 403 g/mol. The minimum Gasteiger partial charge on any atom is -0.368 e. The molecular weight excluding hydrogens is 384 g/mol. The van der Waals surface area contributed by atoms with Crippen molar-refractivity contribution in [2.45, 2.75) is 38.3 Å². The molecule has 6 nitrogen and oxygen atoms in total. The second kappa shape index (κ2) is 4.86. The van der Waals surface area contributed by atoms with Gasteiger partial charge in [-0.25, -0.2) is 14.9 Å². The lowest BCUT2D eigenvalue weighted by molar-refractivity contribution is -0.224. The van der Waals surface area contributed by atoms with Crippen molar-refractivity contribution in [2.24, 2.45) is 16.1 Å². The Kier molecular flexibility index (Phi) is 2.99. The molecule has 7 heteroatoms. The lowest BCUT2D eigenvalue weighted by Crippen LogP contribution is -2.46. The van der Waals surface area contributed by atoms with E-state index in [0.717, 1.165) is 47.2 Å². The number of nitrogens with two attached hydrogens (primary N) is 1. The van der Waals surface area contributed by atoms with Gasteiger partial charge in [0.2, 0.25) is 11.7 Å². The number of hydroxylamine groups is 2. The molecule has 5 rings (SSSR count). The molecule has 2 heterocycles. The van der Waals surface area contributed by atoms with E-state index in [-0.39, 0.29) is 5.41 Å². The van der Waals surface area contributed by atoms with Crippen LogP contribution in [0.25, 0.3) is 0 Å². The molecule has 0 saturated carbocycles. The van der Waals surface area contributed by atoms with Gasteiger partial charge in [0.1, 0.15) is 5.76 Å². The second-order valence-corrected chi connectivity index (χ2v) is 8.22. The van der Waals surface area contributed by atoms with Gasteiger partial charge in [-0.05, 0) is 43.9 Å². The summed E-state index contributed by atoms with van der Waals surface area (Å²) >= 11 is 3.60. The molecule has 0 amide bonds. The van der Waals surface area contributed by atoms with Crippen molar-refractivity contribution in [3.8, 4) is 0 Å². The Morgan fingerprint density at radius 3 is 2.92 bits per heavy atom. The van der Waals surface area contributed by atoms with Crippen LogP contribution in [0, 0.1) is 12.3 Å². The molecule has 1 aliphatic heterocycles. The number of fused-ring (bicyclic) bond motifs is 4. The molecule has 2 aromatic rings. The van der Waals surface area contributed by atoms with E-state index >= 15 is 0 Å². The van der Waals surface area contributed by atoms with Crippen LogP contribution in [-0.4, -0.2) is 23.2 Å². The van der Waals surface area contributed by atoms with Gasteiger partial charge in [0.05, 0.1) is 5.69 Å². The first-order valence-electron chi connectivity index (χ1n) is 8.45. The summed E-state index contributed by atoms with van der Waals surface area (Å²) in [6.45, 7) is 2.01. The van der Waals surface area contributed by atoms with E-state index in [1.165, 1.54) is 11.1 Å². The molecule has 3 aliphatic rings. The lowest BCUT2D eigenvalue weighted by Gasteiger charge is -2.42. The highest BCUT2D eigenvalue weighted by Crippen LogP contribution is 2.61. The maximum absolute atomic E-state index is 6.36. The Morgan fingerprint density at radius 1 is 1.32 bits per heavy atom. The summed E-state index contributed by atoms with van der Waals surface area (Å²) in [5.41, 5.74) is 9.70. The van der Waals surface area contributed by atoms with E-state index < -0.39 is 5.72 Å². The Morgan fingerprint density at radius 2 is 2.16 bits per heavy atom. The number of halogens is 1. The maximum atomic E-state index is 6.36. The van der Waals surface area contributed by atoms with Gasteiger partial charge in [-0.15, -0.1) is 0 Å². The Balaban J connectivity index is 1.72. The average Bonchev–Trinajstić information content (AvgIpc) is 3.17. The Labute approximate surface area is 154 Å². The molecular formula is C18H19BrN4O2. The summed E-state index contributed by atoms with van der Waals surface area (Å²) in [5.74, 6) is 1.42. The predicted molar refractivity (Wildman–Crippen MR) is 95.7 cm³/mol. The van der Waals surface area contributed by atoms with Crippen molar-refractivity contribution in [3.05, 3.63) is 50.8 Å². The highest BCUT2D eigenvalue weighted by Gasteiger charge is 2.64. The second-order valence-electron chi connectivity index (χ2n) is 7.31. The monoisotopic (exact) mass is 402 g/mol. The summed E-state index contributed by atoms with van der Waals surface area (Å²) in [6.07, 6.45) is 3.50. The zero-order chi connectivity index (χ0) is 17.4. The van der Waals surface area contributed by atoms with E-state index in [0.29, 0.717) is 5.96 Å². The molecule has 130 valence electrons. The molecule has 2 spiro atoms. The first kappa shape index (κ1) is 15.4. The van der Waals surface area contributed by atoms with Crippen LogP contribution in [0.15, 0.2) is 32.2 Å². The Bertz CT molecular complexity index is 924. The topological polar surface area (TPSA) is 76.9 Å². The number of hydrogen-bond donors (Lipinski definition) is 1. The van der Waals surface area contributed by atoms with Gasteiger partial charge >= 0.3 is 0 Å². The van der Waals surface area contributed by atoms with Gasteiger partial charge in [-0.2, -0.15) is 0 Å². The van der Waals surface area contributed by atoms with Gasteiger partial charge in [-0.3, -0.25) is 0 Å². The first-order chi connectivity index (χ1) is 11.9. The van der Waals surface area contributed by atoms with Crippen LogP contribution < -0.4 is 5.73 Å². The molecule has 0 bridgehead atoms. The van der Waals surface area contributed by atoms with Crippen molar-refractivity contribution in [3.63, 3.8) is 0 Å². The maximum Gasteiger partial charge on any atom is 0.221 e. The number of aliphatic imine (C=N–C) groups is 1. The molecule has 2 unspecified atom stereocenters. The predicted octanol–water partition coefficient (Wildman–Crippen LogP) is 2.82. The highest BCUT2D eigenvalue weighted by molar-refractivity contribution is 9.10. The molecule has 2 atom stereocenters. The third-order valence-corrected chi connectivity index (χ3v) is 6.45. The molecule has 2 aliphatic carbocycles. The van der Waals surface area contributed by atoms with Crippen LogP contribution in [0.3, 0.4) is 0 Å². The Hall–Kier alpha value is -1.86. The van der Waals surface area contributed by atoms with Crippen molar-refractivity contribution in [1.82, 2.24) is 10.2 Å². The fourth-order valence-electron chi connectivity index (χ4n) is 4.69. The third kappa shape index (κ3) is 1.88. The summed E-state index contributed by atoms with van der Waals surface area (Å²) in [7, 11) is 1.82. The van der Waals surface area contributed by atoms with E-state index in [2.05, 4.69) is 39.3 Å².